The fourth-order valence-electron chi connectivity index (χ4n) is 1.08. The molecule has 2 nitrogen and oxygen atoms in total. The highest BCUT2D eigenvalue weighted by Gasteiger charge is 2.26. The second-order valence-electron chi connectivity index (χ2n) is 2.92. The summed E-state index contributed by atoms with van der Waals surface area (Å²) in [5.41, 5.74) is 0.492. The van der Waals surface area contributed by atoms with E-state index in [-0.39, 0.29) is 5.91 Å². The summed E-state index contributed by atoms with van der Waals surface area (Å²) in [4.78, 5) is 13.3. The van der Waals surface area contributed by atoms with Crippen LogP contribution in [-0.2, 0) is 0 Å². The molecule has 0 N–H and O–H groups in total. The SMILES string of the molecule is O=C(c1cc(Cl)ccc1Cl)N1CC1. The smallest absolute Gasteiger partial charge is 0.255 e. The Bertz CT molecular complexity index is 361. The molecule has 1 amide bonds. The van der Waals surface area contributed by atoms with Crippen molar-refractivity contribution in [3.8, 4) is 0 Å². The van der Waals surface area contributed by atoms with Crippen molar-refractivity contribution < 1.29 is 4.79 Å². The standard InChI is InChI=1S/C9H7Cl2NO/c10-6-1-2-8(11)7(5-6)9(13)12-3-4-12/h1-2,5H,3-4H2. The predicted molar refractivity (Wildman–Crippen MR) is 52.4 cm³/mol. The molecule has 0 aliphatic carbocycles. The van der Waals surface area contributed by atoms with Gasteiger partial charge in [0.05, 0.1) is 10.6 Å². The fourth-order valence-corrected chi connectivity index (χ4v) is 1.46. The van der Waals surface area contributed by atoms with Gasteiger partial charge in [0.15, 0.2) is 0 Å². The van der Waals surface area contributed by atoms with E-state index in [1.165, 1.54) is 0 Å². The van der Waals surface area contributed by atoms with Gasteiger partial charge < -0.3 is 4.90 Å². The van der Waals surface area contributed by atoms with E-state index in [1.807, 2.05) is 0 Å². The van der Waals surface area contributed by atoms with E-state index in [1.54, 1.807) is 23.1 Å². The van der Waals surface area contributed by atoms with Gasteiger partial charge in [-0.1, -0.05) is 23.2 Å². The molecule has 1 aromatic rings. The molecule has 0 saturated carbocycles. The minimum Gasteiger partial charge on any atom is -0.335 e. The molecule has 1 aromatic carbocycles. The zero-order valence-electron chi connectivity index (χ0n) is 6.76. The molecule has 0 atom stereocenters. The van der Waals surface area contributed by atoms with E-state index in [0.717, 1.165) is 13.1 Å². The number of rotatable bonds is 1. The Morgan fingerprint density at radius 2 is 2.00 bits per heavy atom. The maximum Gasteiger partial charge on any atom is 0.255 e. The van der Waals surface area contributed by atoms with Crippen molar-refractivity contribution in [2.24, 2.45) is 0 Å². The Kier molecular flexibility index (Phi) is 2.18. The zero-order valence-corrected chi connectivity index (χ0v) is 8.27. The molecule has 2 rings (SSSR count). The number of hydrogen-bond acceptors (Lipinski definition) is 1. The second kappa shape index (κ2) is 3.20. The number of benzene rings is 1. The molecule has 1 fully saturated rings. The Morgan fingerprint density at radius 1 is 1.31 bits per heavy atom. The molecule has 0 unspecified atom stereocenters. The van der Waals surface area contributed by atoms with Crippen LogP contribution < -0.4 is 0 Å². The number of carbonyl (C=O) groups is 1. The van der Waals surface area contributed by atoms with Crippen LogP contribution in [0.15, 0.2) is 18.2 Å². The summed E-state index contributed by atoms with van der Waals surface area (Å²) in [6, 6.07) is 4.91. The fraction of sp³-hybridized carbons (Fsp3) is 0.222. The molecule has 4 heteroatoms. The van der Waals surface area contributed by atoms with Gasteiger partial charge in [-0.15, -0.1) is 0 Å². The molecular weight excluding hydrogens is 209 g/mol. The van der Waals surface area contributed by atoms with E-state index in [0.29, 0.717) is 15.6 Å². The molecule has 1 saturated heterocycles. The third kappa shape index (κ3) is 1.79. The molecule has 1 aliphatic rings. The van der Waals surface area contributed by atoms with E-state index >= 15 is 0 Å². The first-order valence-electron chi connectivity index (χ1n) is 3.93. The Morgan fingerprint density at radius 3 is 2.62 bits per heavy atom. The zero-order chi connectivity index (χ0) is 9.42. The summed E-state index contributed by atoms with van der Waals surface area (Å²) < 4.78 is 0. The van der Waals surface area contributed by atoms with Crippen molar-refractivity contribution in [1.29, 1.82) is 0 Å². The lowest BCUT2D eigenvalue weighted by Crippen LogP contribution is -2.10. The van der Waals surface area contributed by atoms with Crippen molar-refractivity contribution in [3.05, 3.63) is 33.8 Å². The van der Waals surface area contributed by atoms with E-state index in [2.05, 4.69) is 0 Å². The molecule has 1 aliphatic heterocycles. The van der Waals surface area contributed by atoms with Gasteiger partial charge in [0.2, 0.25) is 0 Å². The summed E-state index contributed by atoms with van der Waals surface area (Å²) in [5, 5.41) is 0.996. The topological polar surface area (TPSA) is 20.1 Å². The summed E-state index contributed by atoms with van der Waals surface area (Å²) in [6.45, 7) is 1.64. The van der Waals surface area contributed by atoms with E-state index in [4.69, 9.17) is 23.2 Å². The lowest BCUT2D eigenvalue weighted by molar-refractivity contribution is 0.0885. The van der Waals surface area contributed by atoms with Crippen molar-refractivity contribution in [2.45, 2.75) is 0 Å². The molecule has 0 aromatic heterocycles. The van der Waals surface area contributed by atoms with Crippen molar-refractivity contribution >= 4 is 29.1 Å². The Balaban J connectivity index is 2.37. The molecule has 0 radical (unpaired) electrons. The molecular formula is C9H7Cl2NO. The lowest BCUT2D eigenvalue weighted by atomic mass is 10.2. The summed E-state index contributed by atoms with van der Waals surface area (Å²) in [5.74, 6) is -0.0347. The summed E-state index contributed by atoms with van der Waals surface area (Å²) >= 11 is 11.6. The van der Waals surface area contributed by atoms with Crippen LogP contribution in [-0.4, -0.2) is 23.9 Å². The Labute approximate surface area is 86.0 Å². The van der Waals surface area contributed by atoms with Gasteiger partial charge in [-0.2, -0.15) is 0 Å². The lowest BCUT2D eigenvalue weighted by Gasteiger charge is -2.03. The number of hydrogen-bond donors (Lipinski definition) is 0. The molecule has 0 spiro atoms. The van der Waals surface area contributed by atoms with Crippen molar-refractivity contribution in [3.63, 3.8) is 0 Å². The van der Waals surface area contributed by atoms with Gasteiger partial charge in [0.1, 0.15) is 0 Å². The normalized spacial score (nSPS) is 14.5. The van der Waals surface area contributed by atoms with Crippen molar-refractivity contribution in [1.82, 2.24) is 4.90 Å². The first-order valence-corrected chi connectivity index (χ1v) is 4.68. The quantitative estimate of drug-likeness (QED) is 0.660. The molecule has 68 valence electrons. The third-order valence-electron chi connectivity index (χ3n) is 1.89. The van der Waals surface area contributed by atoms with Crippen molar-refractivity contribution in [2.75, 3.05) is 13.1 Å². The first kappa shape index (κ1) is 8.85. The van der Waals surface area contributed by atoms with Crippen LogP contribution in [0.3, 0.4) is 0 Å². The van der Waals surface area contributed by atoms with Gasteiger partial charge in [0.25, 0.3) is 5.91 Å². The van der Waals surface area contributed by atoms with Gasteiger partial charge in [0, 0.05) is 18.1 Å². The van der Waals surface area contributed by atoms with Crippen LogP contribution in [0.4, 0.5) is 0 Å². The second-order valence-corrected chi connectivity index (χ2v) is 3.76. The average molecular weight is 216 g/mol. The van der Waals surface area contributed by atoms with Crippen LogP contribution in [0.1, 0.15) is 10.4 Å². The largest absolute Gasteiger partial charge is 0.335 e. The van der Waals surface area contributed by atoms with Crippen LogP contribution in [0.25, 0.3) is 0 Å². The van der Waals surface area contributed by atoms with Gasteiger partial charge in [-0.05, 0) is 18.2 Å². The number of nitrogens with zero attached hydrogens (tertiary/aromatic N) is 1. The minimum absolute atomic E-state index is 0.0347. The third-order valence-corrected chi connectivity index (χ3v) is 2.46. The summed E-state index contributed by atoms with van der Waals surface area (Å²) in [6.07, 6.45) is 0. The predicted octanol–water partition coefficient (Wildman–Crippen LogP) is 2.45. The number of amides is 1. The van der Waals surface area contributed by atoms with Crippen LogP contribution in [0.5, 0.6) is 0 Å². The van der Waals surface area contributed by atoms with E-state index < -0.39 is 0 Å². The monoisotopic (exact) mass is 215 g/mol. The Hall–Kier alpha value is -0.730. The molecule has 1 heterocycles. The average Bonchev–Trinajstić information content (AvgIpc) is 2.91. The highest BCUT2D eigenvalue weighted by atomic mass is 35.5. The van der Waals surface area contributed by atoms with Crippen LogP contribution in [0, 0.1) is 0 Å². The van der Waals surface area contributed by atoms with Crippen LogP contribution >= 0.6 is 23.2 Å². The van der Waals surface area contributed by atoms with Gasteiger partial charge >= 0.3 is 0 Å². The molecule has 0 bridgehead atoms. The highest BCUT2D eigenvalue weighted by molar-refractivity contribution is 6.35. The van der Waals surface area contributed by atoms with Gasteiger partial charge in [-0.25, -0.2) is 0 Å². The minimum atomic E-state index is -0.0347. The first-order chi connectivity index (χ1) is 6.18. The maximum absolute atomic E-state index is 11.6. The summed E-state index contributed by atoms with van der Waals surface area (Å²) in [7, 11) is 0. The maximum atomic E-state index is 11.6. The van der Waals surface area contributed by atoms with E-state index in [9.17, 15) is 4.79 Å². The van der Waals surface area contributed by atoms with Gasteiger partial charge in [-0.3, -0.25) is 4.79 Å². The van der Waals surface area contributed by atoms with Crippen LogP contribution in [0.2, 0.25) is 10.0 Å². The number of halogens is 2. The highest BCUT2D eigenvalue weighted by Crippen LogP contribution is 2.23. The number of carbonyl (C=O) groups excluding carboxylic acids is 1. The molecule has 13 heavy (non-hydrogen) atoms.